The van der Waals surface area contributed by atoms with E-state index in [1.54, 1.807) is 12.3 Å². The Morgan fingerprint density at radius 1 is 1.03 bits per heavy atom. The lowest BCUT2D eigenvalue weighted by atomic mass is 10.0. The number of pyridine rings is 1. The Morgan fingerprint density at radius 3 is 2.48 bits per heavy atom. The highest BCUT2D eigenvalue weighted by atomic mass is 32.1. The van der Waals surface area contributed by atoms with Gasteiger partial charge in [0.15, 0.2) is 5.11 Å². The van der Waals surface area contributed by atoms with Gasteiger partial charge < -0.3 is 4.57 Å². The van der Waals surface area contributed by atoms with Crippen molar-refractivity contribution in [2.45, 2.75) is 27.7 Å². The van der Waals surface area contributed by atoms with Crippen LogP contribution >= 0.6 is 12.2 Å². The van der Waals surface area contributed by atoms with Gasteiger partial charge in [-0.1, -0.05) is 23.8 Å². The van der Waals surface area contributed by atoms with Crippen molar-refractivity contribution >= 4 is 40.9 Å². The predicted molar refractivity (Wildman–Crippen MR) is 125 cm³/mol. The van der Waals surface area contributed by atoms with E-state index in [4.69, 9.17) is 12.2 Å². The summed E-state index contributed by atoms with van der Waals surface area (Å²) in [7, 11) is 0. The van der Waals surface area contributed by atoms with Gasteiger partial charge in [0.25, 0.3) is 11.8 Å². The molecule has 0 bridgehead atoms. The second kappa shape index (κ2) is 7.92. The number of carbonyl (C=O) groups is 2. The van der Waals surface area contributed by atoms with Gasteiger partial charge in [0.2, 0.25) is 0 Å². The lowest BCUT2D eigenvalue weighted by Crippen LogP contribution is -2.54. The SMILES string of the molecule is Cc1ccc(N2C(=O)/C(=C/c3cc(C)n(-c4ccccn4)c3C)C(=O)NC2=S)c(C)c1. The number of nitrogens with one attached hydrogen (secondary N) is 1. The number of hydrogen-bond acceptors (Lipinski definition) is 4. The Bertz CT molecular complexity index is 1260. The number of carbonyl (C=O) groups excluding carboxylic acids is 2. The van der Waals surface area contributed by atoms with Gasteiger partial charge in [-0.3, -0.25) is 19.8 Å². The van der Waals surface area contributed by atoms with Gasteiger partial charge in [0.1, 0.15) is 11.4 Å². The first-order valence-corrected chi connectivity index (χ1v) is 10.3. The van der Waals surface area contributed by atoms with Crippen LogP contribution < -0.4 is 10.2 Å². The topological polar surface area (TPSA) is 67.2 Å². The summed E-state index contributed by atoms with van der Waals surface area (Å²) >= 11 is 5.32. The number of amides is 2. The molecule has 156 valence electrons. The van der Waals surface area contributed by atoms with Crippen LogP contribution in [-0.4, -0.2) is 26.5 Å². The molecule has 0 spiro atoms. The van der Waals surface area contributed by atoms with Crippen molar-refractivity contribution < 1.29 is 9.59 Å². The van der Waals surface area contributed by atoms with E-state index in [1.807, 2.05) is 74.7 Å². The molecule has 1 aromatic carbocycles. The predicted octanol–water partition coefficient (Wildman–Crippen LogP) is 3.94. The molecular weight excluding hydrogens is 408 g/mol. The van der Waals surface area contributed by atoms with E-state index in [2.05, 4.69) is 10.3 Å². The van der Waals surface area contributed by atoms with Crippen molar-refractivity contribution in [1.82, 2.24) is 14.9 Å². The molecule has 4 rings (SSSR count). The Labute approximate surface area is 186 Å². The molecule has 3 aromatic rings. The maximum absolute atomic E-state index is 13.4. The molecule has 0 aliphatic carbocycles. The first kappa shape index (κ1) is 20.7. The van der Waals surface area contributed by atoms with Crippen LogP contribution in [0.25, 0.3) is 11.9 Å². The van der Waals surface area contributed by atoms with E-state index in [0.717, 1.165) is 33.9 Å². The van der Waals surface area contributed by atoms with E-state index in [9.17, 15) is 9.59 Å². The van der Waals surface area contributed by atoms with E-state index in [1.165, 1.54) is 4.90 Å². The van der Waals surface area contributed by atoms with Crippen LogP contribution in [-0.2, 0) is 9.59 Å². The minimum absolute atomic E-state index is 0.0369. The third-order valence-electron chi connectivity index (χ3n) is 5.34. The molecule has 1 saturated heterocycles. The first-order chi connectivity index (χ1) is 14.8. The molecule has 7 heteroatoms. The van der Waals surface area contributed by atoms with Crippen LogP contribution in [0.2, 0.25) is 0 Å². The fourth-order valence-corrected chi connectivity index (χ4v) is 4.13. The minimum atomic E-state index is -0.501. The van der Waals surface area contributed by atoms with Crippen molar-refractivity contribution in [3.63, 3.8) is 0 Å². The number of rotatable bonds is 3. The second-order valence-electron chi connectivity index (χ2n) is 7.60. The van der Waals surface area contributed by atoms with E-state index >= 15 is 0 Å². The summed E-state index contributed by atoms with van der Waals surface area (Å²) < 4.78 is 1.99. The standard InChI is InChI=1S/C24H22N4O2S/c1-14-8-9-20(15(2)11-14)28-23(30)19(22(29)26-24(28)31)13-18-12-16(3)27(17(18)4)21-7-5-6-10-25-21/h5-13H,1-4H3,(H,26,29,31)/b19-13+. The zero-order valence-electron chi connectivity index (χ0n) is 17.8. The molecule has 1 aliphatic heterocycles. The maximum Gasteiger partial charge on any atom is 0.270 e. The molecule has 1 N–H and O–H groups in total. The van der Waals surface area contributed by atoms with Gasteiger partial charge in [-0.25, -0.2) is 4.98 Å². The van der Waals surface area contributed by atoms with Crippen LogP contribution in [0.15, 0.2) is 54.2 Å². The number of anilines is 1. The Hall–Kier alpha value is -3.58. The average Bonchev–Trinajstić information content (AvgIpc) is 3.00. The van der Waals surface area contributed by atoms with Crippen molar-refractivity contribution in [1.29, 1.82) is 0 Å². The third-order valence-corrected chi connectivity index (χ3v) is 5.63. The van der Waals surface area contributed by atoms with Crippen LogP contribution in [0.4, 0.5) is 5.69 Å². The van der Waals surface area contributed by atoms with Crippen molar-refractivity contribution in [2.75, 3.05) is 4.90 Å². The highest BCUT2D eigenvalue weighted by Gasteiger charge is 2.35. The monoisotopic (exact) mass is 430 g/mol. The molecule has 2 amide bonds. The van der Waals surface area contributed by atoms with Crippen LogP contribution in [0.3, 0.4) is 0 Å². The molecule has 0 saturated carbocycles. The summed E-state index contributed by atoms with van der Waals surface area (Å²) in [6, 6.07) is 13.4. The summed E-state index contributed by atoms with van der Waals surface area (Å²) in [4.78, 5) is 31.8. The lowest BCUT2D eigenvalue weighted by molar-refractivity contribution is -0.122. The normalized spacial score (nSPS) is 15.5. The summed E-state index contributed by atoms with van der Waals surface area (Å²) in [5.74, 6) is -0.165. The Morgan fingerprint density at radius 2 is 1.81 bits per heavy atom. The molecule has 31 heavy (non-hydrogen) atoms. The smallest absolute Gasteiger partial charge is 0.270 e. The van der Waals surface area contributed by atoms with Gasteiger partial charge in [-0.15, -0.1) is 0 Å². The van der Waals surface area contributed by atoms with Gasteiger partial charge in [-0.05, 0) is 81.4 Å². The lowest BCUT2D eigenvalue weighted by Gasteiger charge is -2.30. The molecule has 3 heterocycles. The van der Waals surface area contributed by atoms with E-state index < -0.39 is 11.8 Å². The van der Waals surface area contributed by atoms with Crippen molar-refractivity contribution in [3.05, 3.63) is 82.3 Å². The zero-order valence-corrected chi connectivity index (χ0v) is 18.6. The van der Waals surface area contributed by atoms with E-state index in [-0.39, 0.29) is 10.7 Å². The Kier molecular flexibility index (Phi) is 5.29. The molecule has 6 nitrogen and oxygen atoms in total. The molecular formula is C24H22N4O2S. The highest BCUT2D eigenvalue weighted by Crippen LogP contribution is 2.27. The number of aromatic nitrogens is 2. The molecule has 0 unspecified atom stereocenters. The average molecular weight is 431 g/mol. The molecule has 2 aromatic heterocycles. The number of aryl methyl sites for hydroxylation is 3. The summed E-state index contributed by atoms with van der Waals surface area (Å²) in [5.41, 5.74) is 5.29. The fraction of sp³-hybridized carbons (Fsp3) is 0.167. The quantitative estimate of drug-likeness (QED) is 0.388. The first-order valence-electron chi connectivity index (χ1n) is 9.87. The van der Waals surface area contributed by atoms with Gasteiger partial charge in [0.05, 0.1) is 5.69 Å². The zero-order chi connectivity index (χ0) is 22.3. The van der Waals surface area contributed by atoms with Gasteiger partial charge >= 0.3 is 0 Å². The van der Waals surface area contributed by atoms with Gasteiger partial charge in [-0.2, -0.15) is 0 Å². The molecule has 0 radical (unpaired) electrons. The van der Waals surface area contributed by atoms with Crippen LogP contribution in [0, 0.1) is 27.7 Å². The minimum Gasteiger partial charge on any atom is -0.303 e. The van der Waals surface area contributed by atoms with E-state index in [0.29, 0.717) is 5.69 Å². The fourth-order valence-electron chi connectivity index (χ4n) is 3.86. The number of benzene rings is 1. The largest absolute Gasteiger partial charge is 0.303 e. The number of nitrogens with zero attached hydrogens (tertiary/aromatic N) is 3. The molecule has 1 aliphatic rings. The molecule has 1 fully saturated rings. The van der Waals surface area contributed by atoms with Crippen molar-refractivity contribution in [2.24, 2.45) is 0 Å². The molecule has 0 atom stereocenters. The number of thiocarbonyl (C=S) groups is 1. The van der Waals surface area contributed by atoms with Crippen LogP contribution in [0.1, 0.15) is 28.1 Å². The summed E-state index contributed by atoms with van der Waals surface area (Å²) in [5, 5.41) is 2.73. The third kappa shape index (κ3) is 3.68. The van der Waals surface area contributed by atoms with Crippen molar-refractivity contribution in [3.8, 4) is 5.82 Å². The maximum atomic E-state index is 13.4. The highest BCUT2D eigenvalue weighted by molar-refractivity contribution is 7.80. The number of hydrogen-bond donors (Lipinski definition) is 1. The Balaban J connectivity index is 1.78. The summed E-state index contributed by atoms with van der Waals surface area (Å²) in [6.07, 6.45) is 3.35. The second-order valence-corrected chi connectivity index (χ2v) is 7.98. The van der Waals surface area contributed by atoms with Gasteiger partial charge in [0, 0.05) is 17.6 Å². The summed E-state index contributed by atoms with van der Waals surface area (Å²) in [6.45, 7) is 7.80. The van der Waals surface area contributed by atoms with Crippen LogP contribution in [0.5, 0.6) is 0 Å².